The summed E-state index contributed by atoms with van der Waals surface area (Å²) in [6, 6.07) is 10.9. The number of likely N-dealkylation sites (tertiary alicyclic amines) is 1. The first-order chi connectivity index (χ1) is 16.0. The van der Waals surface area contributed by atoms with E-state index in [-0.39, 0.29) is 5.39 Å². The van der Waals surface area contributed by atoms with Crippen LogP contribution in [0.4, 0.5) is 10.3 Å². The van der Waals surface area contributed by atoms with Crippen molar-refractivity contribution in [2.45, 2.75) is 32.2 Å². The van der Waals surface area contributed by atoms with Crippen molar-refractivity contribution in [2.75, 3.05) is 31.6 Å². The van der Waals surface area contributed by atoms with Gasteiger partial charge in [0, 0.05) is 30.2 Å². The molecule has 33 heavy (non-hydrogen) atoms. The van der Waals surface area contributed by atoms with Crippen LogP contribution in [0.15, 0.2) is 41.2 Å². The van der Waals surface area contributed by atoms with Crippen molar-refractivity contribution in [3.8, 4) is 5.75 Å². The zero-order valence-electron chi connectivity index (χ0n) is 18.4. The fourth-order valence-electron chi connectivity index (χ4n) is 4.30. The van der Waals surface area contributed by atoms with Crippen molar-refractivity contribution in [2.24, 2.45) is 11.8 Å². The van der Waals surface area contributed by atoms with Gasteiger partial charge in [-0.1, -0.05) is 23.7 Å². The van der Waals surface area contributed by atoms with Gasteiger partial charge in [0.15, 0.2) is 0 Å². The van der Waals surface area contributed by atoms with Gasteiger partial charge in [0.1, 0.15) is 17.0 Å². The van der Waals surface area contributed by atoms with E-state index in [2.05, 4.69) is 32.3 Å². The standard InChI is InChI=1S/C25H28ClFN4O2/c26-19-5-3-17(4-6-19)14-31-9-7-16(8-10-31)13-28-25-29-22-12-20(33-15-18-1-2-18)11-21(27)23(22)24(32)30-25/h3-6,11-12,16,18H,1-2,7-10,13-15H2,(H2,28,29,30,32). The summed E-state index contributed by atoms with van der Waals surface area (Å²) in [5, 5.41) is 3.98. The Kier molecular flexibility index (Phi) is 6.51. The number of nitrogens with one attached hydrogen (secondary N) is 2. The van der Waals surface area contributed by atoms with Crippen LogP contribution in [0.2, 0.25) is 5.02 Å². The number of rotatable bonds is 8. The summed E-state index contributed by atoms with van der Waals surface area (Å²) in [5.74, 6) is 1.23. The van der Waals surface area contributed by atoms with Crippen LogP contribution in [0, 0.1) is 17.7 Å². The molecule has 0 bridgehead atoms. The van der Waals surface area contributed by atoms with Crippen molar-refractivity contribution in [3.05, 3.63) is 63.2 Å². The van der Waals surface area contributed by atoms with Crippen molar-refractivity contribution < 1.29 is 9.13 Å². The zero-order valence-corrected chi connectivity index (χ0v) is 19.2. The molecule has 0 unspecified atom stereocenters. The number of hydrogen-bond acceptors (Lipinski definition) is 5. The molecule has 2 N–H and O–H groups in total. The lowest BCUT2D eigenvalue weighted by Gasteiger charge is -2.32. The lowest BCUT2D eigenvalue weighted by molar-refractivity contribution is 0.182. The minimum absolute atomic E-state index is 0.0326. The normalized spacial score (nSPS) is 17.4. The fraction of sp³-hybridized carbons (Fsp3) is 0.440. The molecule has 6 nitrogen and oxygen atoms in total. The van der Waals surface area contributed by atoms with E-state index < -0.39 is 11.4 Å². The van der Waals surface area contributed by atoms with Crippen LogP contribution in [0.1, 0.15) is 31.2 Å². The molecule has 2 fully saturated rings. The van der Waals surface area contributed by atoms with Gasteiger partial charge in [0.25, 0.3) is 5.56 Å². The quantitative estimate of drug-likeness (QED) is 0.493. The van der Waals surface area contributed by atoms with Gasteiger partial charge < -0.3 is 10.1 Å². The van der Waals surface area contributed by atoms with Gasteiger partial charge in [-0.05, 0) is 68.3 Å². The smallest absolute Gasteiger partial charge is 0.263 e. The van der Waals surface area contributed by atoms with Crippen LogP contribution in [-0.2, 0) is 6.54 Å². The van der Waals surface area contributed by atoms with E-state index in [1.165, 1.54) is 11.6 Å². The van der Waals surface area contributed by atoms with E-state index in [0.717, 1.165) is 50.3 Å². The molecule has 0 radical (unpaired) electrons. The molecule has 2 heterocycles. The summed E-state index contributed by atoms with van der Waals surface area (Å²) >= 11 is 5.97. The maximum absolute atomic E-state index is 14.5. The highest BCUT2D eigenvalue weighted by Crippen LogP contribution is 2.30. The SMILES string of the molecule is O=c1[nH]c(NCC2CCN(Cc3ccc(Cl)cc3)CC2)nc2cc(OCC3CC3)cc(F)c12. The summed E-state index contributed by atoms with van der Waals surface area (Å²) in [6.07, 6.45) is 4.43. The molecular formula is C25H28ClFN4O2. The molecular weight excluding hydrogens is 443 g/mol. The highest BCUT2D eigenvalue weighted by Gasteiger charge is 2.23. The van der Waals surface area contributed by atoms with Crippen LogP contribution in [-0.4, -0.2) is 41.1 Å². The second kappa shape index (κ2) is 9.69. The van der Waals surface area contributed by atoms with Crippen LogP contribution in [0.25, 0.3) is 10.9 Å². The molecule has 0 atom stereocenters. The molecule has 1 aromatic heterocycles. The van der Waals surface area contributed by atoms with Gasteiger partial charge in [-0.25, -0.2) is 9.37 Å². The van der Waals surface area contributed by atoms with Crippen LogP contribution >= 0.6 is 11.6 Å². The predicted octanol–water partition coefficient (Wildman–Crippen LogP) is 4.83. The number of halogens is 2. The van der Waals surface area contributed by atoms with Crippen molar-refractivity contribution in [1.82, 2.24) is 14.9 Å². The Morgan fingerprint density at radius 2 is 1.88 bits per heavy atom. The maximum Gasteiger partial charge on any atom is 0.263 e. The minimum Gasteiger partial charge on any atom is -0.493 e. The molecule has 8 heteroatoms. The van der Waals surface area contributed by atoms with Crippen molar-refractivity contribution in [3.63, 3.8) is 0 Å². The Bertz CT molecular complexity index is 1170. The van der Waals surface area contributed by atoms with Crippen LogP contribution in [0.3, 0.4) is 0 Å². The number of aromatic amines is 1. The number of nitrogens with zero attached hydrogens (tertiary/aromatic N) is 2. The Hall–Kier alpha value is -2.64. The molecule has 2 aliphatic rings. The topological polar surface area (TPSA) is 70.2 Å². The third-order valence-corrected chi connectivity index (χ3v) is 6.75. The number of piperidine rings is 1. The molecule has 0 amide bonds. The summed E-state index contributed by atoms with van der Waals surface area (Å²) in [7, 11) is 0. The van der Waals surface area contributed by atoms with Crippen LogP contribution in [0.5, 0.6) is 5.75 Å². The number of benzene rings is 2. The molecule has 5 rings (SSSR count). The lowest BCUT2D eigenvalue weighted by Crippen LogP contribution is -2.35. The average molecular weight is 471 g/mol. The Balaban J connectivity index is 1.18. The number of hydrogen-bond donors (Lipinski definition) is 2. The summed E-state index contributed by atoms with van der Waals surface area (Å²) in [4.78, 5) is 22.0. The van der Waals surface area contributed by atoms with Gasteiger partial charge in [-0.2, -0.15) is 0 Å². The number of H-pyrrole nitrogens is 1. The minimum atomic E-state index is -0.605. The van der Waals surface area contributed by atoms with E-state index in [4.69, 9.17) is 16.3 Å². The number of anilines is 1. The Morgan fingerprint density at radius 1 is 1.12 bits per heavy atom. The van der Waals surface area contributed by atoms with Crippen molar-refractivity contribution in [1.29, 1.82) is 0 Å². The number of ether oxygens (including phenoxy) is 1. The third kappa shape index (κ3) is 5.65. The fourth-order valence-corrected chi connectivity index (χ4v) is 4.43. The molecule has 1 saturated carbocycles. The first-order valence-corrected chi connectivity index (χ1v) is 12.0. The molecule has 2 aromatic carbocycles. The molecule has 1 aliphatic heterocycles. The monoisotopic (exact) mass is 470 g/mol. The Labute approximate surface area is 197 Å². The van der Waals surface area contributed by atoms with Crippen LogP contribution < -0.4 is 15.6 Å². The highest BCUT2D eigenvalue weighted by atomic mass is 35.5. The van der Waals surface area contributed by atoms with E-state index in [1.54, 1.807) is 6.07 Å². The summed E-state index contributed by atoms with van der Waals surface area (Å²) in [6.45, 7) is 4.25. The Morgan fingerprint density at radius 3 is 2.61 bits per heavy atom. The predicted molar refractivity (Wildman–Crippen MR) is 128 cm³/mol. The highest BCUT2D eigenvalue weighted by molar-refractivity contribution is 6.30. The average Bonchev–Trinajstić information content (AvgIpc) is 3.63. The third-order valence-electron chi connectivity index (χ3n) is 6.50. The molecule has 0 spiro atoms. The number of fused-ring (bicyclic) bond motifs is 1. The molecule has 1 saturated heterocycles. The van der Waals surface area contributed by atoms with E-state index in [0.29, 0.717) is 42.2 Å². The largest absolute Gasteiger partial charge is 0.493 e. The van der Waals surface area contributed by atoms with E-state index in [1.807, 2.05) is 12.1 Å². The second-order valence-corrected chi connectivity index (χ2v) is 9.63. The van der Waals surface area contributed by atoms with Gasteiger partial charge in [0.2, 0.25) is 5.95 Å². The molecule has 3 aromatic rings. The zero-order chi connectivity index (χ0) is 22.8. The van der Waals surface area contributed by atoms with Gasteiger partial charge in [-0.3, -0.25) is 14.7 Å². The maximum atomic E-state index is 14.5. The lowest BCUT2D eigenvalue weighted by atomic mass is 9.96. The number of aromatic nitrogens is 2. The van der Waals surface area contributed by atoms with Gasteiger partial charge in [0.05, 0.1) is 12.1 Å². The first kappa shape index (κ1) is 22.2. The summed E-state index contributed by atoms with van der Waals surface area (Å²) in [5.41, 5.74) is 1.10. The second-order valence-electron chi connectivity index (χ2n) is 9.20. The first-order valence-electron chi connectivity index (χ1n) is 11.6. The summed E-state index contributed by atoms with van der Waals surface area (Å²) < 4.78 is 20.2. The van der Waals surface area contributed by atoms with Gasteiger partial charge in [-0.15, -0.1) is 0 Å². The van der Waals surface area contributed by atoms with E-state index in [9.17, 15) is 9.18 Å². The molecule has 1 aliphatic carbocycles. The van der Waals surface area contributed by atoms with Crippen molar-refractivity contribution >= 4 is 28.5 Å². The van der Waals surface area contributed by atoms with Gasteiger partial charge >= 0.3 is 0 Å². The molecule has 174 valence electrons. The van der Waals surface area contributed by atoms with E-state index >= 15 is 0 Å².